The molecule has 0 aliphatic rings. The van der Waals surface area contributed by atoms with Crippen LogP contribution >= 0.6 is 0 Å². The van der Waals surface area contributed by atoms with E-state index in [-0.39, 0.29) is 11.4 Å². The fraction of sp³-hybridized carbons (Fsp3) is 0.300. The van der Waals surface area contributed by atoms with Crippen molar-refractivity contribution in [2.24, 2.45) is 5.73 Å². The number of alkyl halides is 3. The maximum Gasteiger partial charge on any atom is 0.415 e. The van der Waals surface area contributed by atoms with Gasteiger partial charge < -0.3 is 16.2 Å². The number of aromatic hydroxyl groups is 1. The Morgan fingerprint density at radius 2 is 1.76 bits per heavy atom. The first kappa shape index (κ1) is 13.3. The van der Waals surface area contributed by atoms with E-state index < -0.39 is 17.6 Å². The summed E-state index contributed by atoms with van der Waals surface area (Å²) in [5.41, 5.74) is 2.08. The van der Waals surface area contributed by atoms with E-state index in [1.54, 1.807) is 0 Å². The molecular formula is C10H11F3N2O2. The summed E-state index contributed by atoms with van der Waals surface area (Å²) >= 11 is 0. The SMILES string of the molecule is CC(N)(C(=O)Nc1ccc(O)cc1)C(F)(F)F. The molecule has 17 heavy (non-hydrogen) atoms. The number of amides is 1. The van der Waals surface area contributed by atoms with Crippen LogP contribution < -0.4 is 11.1 Å². The van der Waals surface area contributed by atoms with Crippen LogP contribution in [0.25, 0.3) is 0 Å². The van der Waals surface area contributed by atoms with Crippen LogP contribution in [0.2, 0.25) is 0 Å². The Labute approximate surface area is 95.2 Å². The van der Waals surface area contributed by atoms with Crippen LogP contribution in [0, 0.1) is 0 Å². The molecule has 0 aromatic heterocycles. The molecular weight excluding hydrogens is 237 g/mol. The summed E-state index contributed by atoms with van der Waals surface area (Å²) in [7, 11) is 0. The smallest absolute Gasteiger partial charge is 0.415 e. The average Bonchev–Trinajstić information content (AvgIpc) is 2.19. The van der Waals surface area contributed by atoms with E-state index in [2.05, 4.69) is 0 Å². The largest absolute Gasteiger partial charge is 0.508 e. The minimum atomic E-state index is -4.84. The Bertz CT molecular complexity index is 413. The van der Waals surface area contributed by atoms with E-state index in [0.29, 0.717) is 6.92 Å². The maximum absolute atomic E-state index is 12.4. The second kappa shape index (κ2) is 4.25. The van der Waals surface area contributed by atoms with Gasteiger partial charge in [0.2, 0.25) is 0 Å². The van der Waals surface area contributed by atoms with Gasteiger partial charge in [0.1, 0.15) is 5.75 Å². The lowest BCUT2D eigenvalue weighted by Crippen LogP contribution is -2.59. The summed E-state index contributed by atoms with van der Waals surface area (Å²) < 4.78 is 37.3. The Morgan fingerprint density at radius 1 is 1.29 bits per heavy atom. The van der Waals surface area contributed by atoms with Crippen molar-refractivity contribution in [2.45, 2.75) is 18.6 Å². The molecule has 4 nitrogen and oxygen atoms in total. The van der Waals surface area contributed by atoms with Gasteiger partial charge in [0.05, 0.1) is 0 Å². The van der Waals surface area contributed by atoms with Gasteiger partial charge in [-0.05, 0) is 31.2 Å². The van der Waals surface area contributed by atoms with E-state index in [1.165, 1.54) is 24.3 Å². The highest BCUT2D eigenvalue weighted by Gasteiger charge is 2.53. The van der Waals surface area contributed by atoms with Gasteiger partial charge >= 0.3 is 6.18 Å². The third-order valence-corrected chi connectivity index (χ3v) is 2.19. The first-order valence-electron chi connectivity index (χ1n) is 4.60. The number of carbonyl (C=O) groups excluding carboxylic acids is 1. The van der Waals surface area contributed by atoms with Crippen LogP contribution in [0.4, 0.5) is 18.9 Å². The van der Waals surface area contributed by atoms with Gasteiger partial charge in [0, 0.05) is 5.69 Å². The maximum atomic E-state index is 12.4. The van der Waals surface area contributed by atoms with Gasteiger partial charge in [0.25, 0.3) is 5.91 Å². The molecule has 1 aromatic rings. The van der Waals surface area contributed by atoms with Crippen molar-refractivity contribution >= 4 is 11.6 Å². The van der Waals surface area contributed by atoms with Gasteiger partial charge in [-0.2, -0.15) is 13.2 Å². The second-order valence-electron chi connectivity index (χ2n) is 3.70. The molecule has 1 rings (SSSR count). The first-order valence-corrected chi connectivity index (χ1v) is 4.60. The summed E-state index contributed by atoms with van der Waals surface area (Å²) in [5, 5.41) is 11.0. The van der Waals surface area contributed by atoms with Crippen molar-refractivity contribution in [3.05, 3.63) is 24.3 Å². The molecule has 0 radical (unpaired) electrons. The molecule has 4 N–H and O–H groups in total. The molecule has 7 heteroatoms. The summed E-state index contributed by atoms with van der Waals surface area (Å²) in [5.74, 6) is -1.43. The number of halogens is 3. The zero-order valence-electron chi connectivity index (χ0n) is 8.88. The van der Waals surface area contributed by atoms with Crippen LogP contribution in [-0.2, 0) is 4.79 Å². The molecule has 0 bridgehead atoms. The first-order chi connectivity index (χ1) is 7.64. The predicted molar refractivity (Wildman–Crippen MR) is 55.4 cm³/mol. The quantitative estimate of drug-likeness (QED) is 0.696. The Kier molecular flexibility index (Phi) is 3.33. The third kappa shape index (κ3) is 2.88. The summed E-state index contributed by atoms with van der Waals surface area (Å²) in [6, 6.07) is 4.99. The van der Waals surface area contributed by atoms with Crippen LogP contribution in [0.15, 0.2) is 24.3 Å². The monoisotopic (exact) mass is 248 g/mol. The zero-order valence-corrected chi connectivity index (χ0v) is 8.88. The molecule has 0 spiro atoms. The fourth-order valence-corrected chi connectivity index (χ4v) is 0.934. The topological polar surface area (TPSA) is 75.4 Å². The lowest BCUT2D eigenvalue weighted by Gasteiger charge is -2.26. The minimum Gasteiger partial charge on any atom is -0.508 e. The number of hydrogen-bond acceptors (Lipinski definition) is 3. The number of anilines is 1. The number of rotatable bonds is 2. The molecule has 1 amide bonds. The zero-order chi connectivity index (χ0) is 13.3. The average molecular weight is 248 g/mol. The highest BCUT2D eigenvalue weighted by atomic mass is 19.4. The number of nitrogens with one attached hydrogen (secondary N) is 1. The van der Waals surface area contributed by atoms with E-state index in [4.69, 9.17) is 10.8 Å². The lowest BCUT2D eigenvalue weighted by atomic mass is 10.0. The molecule has 0 saturated heterocycles. The highest BCUT2D eigenvalue weighted by molar-refractivity contribution is 5.98. The number of phenolic OH excluding ortho intramolecular Hbond substituents is 1. The molecule has 1 atom stereocenters. The minimum absolute atomic E-state index is 0.0608. The highest BCUT2D eigenvalue weighted by Crippen LogP contribution is 2.29. The van der Waals surface area contributed by atoms with Gasteiger partial charge in [-0.15, -0.1) is 0 Å². The Hall–Kier alpha value is -1.76. The number of benzene rings is 1. The molecule has 94 valence electrons. The van der Waals surface area contributed by atoms with Crippen LogP contribution in [0.5, 0.6) is 5.75 Å². The number of phenols is 1. The van der Waals surface area contributed by atoms with Crippen molar-refractivity contribution in [2.75, 3.05) is 5.32 Å². The van der Waals surface area contributed by atoms with Crippen LogP contribution in [0.3, 0.4) is 0 Å². The fourth-order valence-electron chi connectivity index (χ4n) is 0.934. The van der Waals surface area contributed by atoms with Gasteiger partial charge in [-0.1, -0.05) is 0 Å². The standard InChI is InChI=1S/C10H11F3N2O2/c1-9(14,10(11,12)13)8(17)15-6-2-4-7(16)5-3-6/h2-5,16H,14H2,1H3,(H,15,17). The van der Waals surface area contributed by atoms with Crippen LogP contribution in [0.1, 0.15) is 6.92 Å². The summed E-state index contributed by atoms with van der Waals surface area (Å²) in [6.45, 7) is 0.586. The molecule has 0 heterocycles. The molecule has 1 aromatic carbocycles. The summed E-state index contributed by atoms with van der Waals surface area (Å²) in [4.78, 5) is 11.3. The molecule has 0 saturated carbocycles. The van der Waals surface area contributed by atoms with Crippen molar-refractivity contribution in [1.82, 2.24) is 0 Å². The third-order valence-electron chi connectivity index (χ3n) is 2.19. The summed E-state index contributed by atoms with van der Waals surface area (Å²) in [6.07, 6.45) is -4.84. The normalized spacial score (nSPS) is 15.1. The molecule has 1 unspecified atom stereocenters. The molecule has 0 aliphatic carbocycles. The van der Waals surface area contributed by atoms with Crippen LogP contribution in [-0.4, -0.2) is 22.7 Å². The van der Waals surface area contributed by atoms with Crippen molar-refractivity contribution in [3.8, 4) is 5.75 Å². The van der Waals surface area contributed by atoms with E-state index in [0.717, 1.165) is 0 Å². The predicted octanol–water partition coefficient (Wildman–Crippen LogP) is 1.61. The van der Waals surface area contributed by atoms with E-state index >= 15 is 0 Å². The van der Waals surface area contributed by atoms with Gasteiger partial charge in [0.15, 0.2) is 5.54 Å². The molecule has 0 aliphatic heterocycles. The molecule has 0 fully saturated rings. The lowest BCUT2D eigenvalue weighted by molar-refractivity contribution is -0.184. The number of nitrogens with two attached hydrogens (primary N) is 1. The van der Waals surface area contributed by atoms with Gasteiger partial charge in [-0.3, -0.25) is 4.79 Å². The van der Waals surface area contributed by atoms with Crippen molar-refractivity contribution in [3.63, 3.8) is 0 Å². The van der Waals surface area contributed by atoms with Crippen molar-refractivity contribution < 1.29 is 23.1 Å². The van der Waals surface area contributed by atoms with Crippen molar-refractivity contribution in [1.29, 1.82) is 0 Å². The van der Waals surface area contributed by atoms with E-state index in [1.807, 2.05) is 5.32 Å². The Balaban J connectivity index is 2.83. The Morgan fingerprint density at radius 3 is 2.18 bits per heavy atom. The number of carbonyl (C=O) groups is 1. The number of hydrogen-bond donors (Lipinski definition) is 3. The van der Waals surface area contributed by atoms with Gasteiger partial charge in [-0.25, -0.2) is 0 Å². The van der Waals surface area contributed by atoms with E-state index in [9.17, 15) is 18.0 Å². The second-order valence-corrected chi connectivity index (χ2v) is 3.70.